The third kappa shape index (κ3) is 7.82. The third-order valence-electron chi connectivity index (χ3n) is 7.20. The maximum atomic E-state index is 14.2. The monoisotopic (exact) mass is 601 g/mol. The van der Waals surface area contributed by atoms with Gasteiger partial charge in [-0.3, -0.25) is 14.4 Å². The van der Waals surface area contributed by atoms with Crippen molar-refractivity contribution >= 4 is 29.3 Å². The Morgan fingerprint density at radius 1 is 0.976 bits per heavy atom. The van der Waals surface area contributed by atoms with Crippen molar-refractivity contribution in [3.05, 3.63) is 99.6 Å². The number of halogens is 4. The van der Waals surface area contributed by atoms with Gasteiger partial charge in [-0.1, -0.05) is 55.3 Å². The van der Waals surface area contributed by atoms with Crippen molar-refractivity contribution in [1.29, 1.82) is 0 Å². The average molecular weight is 602 g/mol. The standard InChI is InChI=1S/C31H31ClF3N3O4/c1-2-3-26(19-4-6-21(7-5-19)29(40)37-15-14-27(36)39)28(20-8-11-24(32)12-9-20)30(41)38-17-22-10-13-25(16-23(22)18-38)42-31(33,34)35/h4-13,16,26,28H,2-3,14-15,17-18H2,1H3,(H2,36,39)(H,37,40). The van der Waals surface area contributed by atoms with E-state index < -0.39 is 18.2 Å². The zero-order valence-corrected chi connectivity index (χ0v) is 23.7. The molecule has 7 nitrogen and oxygen atoms in total. The van der Waals surface area contributed by atoms with Crippen LogP contribution in [0.5, 0.6) is 5.75 Å². The Balaban J connectivity index is 1.61. The Hall–Kier alpha value is -4.05. The van der Waals surface area contributed by atoms with Crippen molar-refractivity contribution in [2.45, 2.75) is 57.5 Å². The molecule has 0 spiro atoms. The highest BCUT2D eigenvalue weighted by Crippen LogP contribution is 2.40. The minimum absolute atomic E-state index is 0.0321. The van der Waals surface area contributed by atoms with Gasteiger partial charge in [0, 0.05) is 36.6 Å². The smallest absolute Gasteiger partial charge is 0.406 e. The number of nitrogens with zero attached hydrogens (tertiary/aromatic N) is 1. The van der Waals surface area contributed by atoms with Crippen LogP contribution in [0.3, 0.4) is 0 Å². The molecule has 3 aromatic rings. The molecule has 0 aromatic heterocycles. The summed E-state index contributed by atoms with van der Waals surface area (Å²) in [7, 11) is 0. The first-order chi connectivity index (χ1) is 19.9. The molecule has 0 saturated carbocycles. The summed E-state index contributed by atoms with van der Waals surface area (Å²) in [5.41, 5.74) is 8.50. The van der Waals surface area contributed by atoms with Gasteiger partial charge in [0.05, 0.1) is 5.92 Å². The maximum absolute atomic E-state index is 14.2. The first-order valence-electron chi connectivity index (χ1n) is 13.5. The molecule has 222 valence electrons. The second-order valence-corrected chi connectivity index (χ2v) is 10.6. The number of hydrogen-bond acceptors (Lipinski definition) is 4. The fourth-order valence-corrected chi connectivity index (χ4v) is 5.38. The van der Waals surface area contributed by atoms with E-state index >= 15 is 0 Å². The summed E-state index contributed by atoms with van der Waals surface area (Å²) in [6.07, 6.45) is -3.34. The van der Waals surface area contributed by atoms with Gasteiger partial charge < -0.3 is 20.7 Å². The highest BCUT2D eigenvalue weighted by Gasteiger charge is 2.37. The molecule has 11 heteroatoms. The van der Waals surface area contributed by atoms with E-state index in [0.717, 1.165) is 23.1 Å². The number of carbonyl (C=O) groups excluding carboxylic acids is 3. The number of benzene rings is 3. The molecule has 1 aliphatic heterocycles. The van der Waals surface area contributed by atoms with E-state index in [1.807, 2.05) is 31.2 Å². The first-order valence-corrected chi connectivity index (χ1v) is 13.9. The Kier molecular flexibility index (Phi) is 9.78. The zero-order chi connectivity index (χ0) is 30.4. The zero-order valence-electron chi connectivity index (χ0n) is 22.9. The average Bonchev–Trinajstić information content (AvgIpc) is 3.36. The van der Waals surface area contributed by atoms with Gasteiger partial charge in [-0.2, -0.15) is 0 Å². The van der Waals surface area contributed by atoms with Gasteiger partial charge in [0.2, 0.25) is 11.8 Å². The van der Waals surface area contributed by atoms with Gasteiger partial charge >= 0.3 is 6.36 Å². The Bertz CT molecular complexity index is 1430. The van der Waals surface area contributed by atoms with Gasteiger partial charge in [0.15, 0.2) is 0 Å². The quantitative estimate of drug-likeness (QED) is 0.279. The van der Waals surface area contributed by atoms with Crippen LogP contribution < -0.4 is 15.8 Å². The van der Waals surface area contributed by atoms with Gasteiger partial charge in [0.1, 0.15) is 5.75 Å². The van der Waals surface area contributed by atoms with Crippen LogP contribution in [0.4, 0.5) is 13.2 Å². The number of ether oxygens (including phenoxy) is 1. The summed E-state index contributed by atoms with van der Waals surface area (Å²) in [4.78, 5) is 39.3. The molecule has 2 unspecified atom stereocenters. The molecular formula is C31H31ClF3N3O4. The van der Waals surface area contributed by atoms with E-state index in [2.05, 4.69) is 10.1 Å². The summed E-state index contributed by atoms with van der Waals surface area (Å²) >= 11 is 6.15. The van der Waals surface area contributed by atoms with Crippen molar-refractivity contribution in [3.63, 3.8) is 0 Å². The fraction of sp³-hybridized carbons (Fsp3) is 0.323. The highest BCUT2D eigenvalue weighted by molar-refractivity contribution is 6.30. The summed E-state index contributed by atoms with van der Waals surface area (Å²) < 4.78 is 42.4. The van der Waals surface area contributed by atoms with Gasteiger partial charge in [-0.15, -0.1) is 13.2 Å². The number of primary amides is 1. The number of nitrogens with one attached hydrogen (secondary N) is 1. The van der Waals surface area contributed by atoms with E-state index in [1.165, 1.54) is 12.1 Å². The Morgan fingerprint density at radius 2 is 1.62 bits per heavy atom. The second-order valence-electron chi connectivity index (χ2n) is 10.2. The lowest BCUT2D eigenvalue weighted by atomic mass is 9.77. The summed E-state index contributed by atoms with van der Waals surface area (Å²) in [5, 5.41) is 3.18. The van der Waals surface area contributed by atoms with Crippen LogP contribution in [0.2, 0.25) is 5.02 Å². The predicted molar refractivity (Wildman–Crippen MR) is 152 cm³/mol. The highest BCUT2D eigenvalue weighted by atomic mass is 35.5. The lowest BCUT2D eigenvalue weighted by molar-refractivity contribution is -0.274. The van der Waals surface area contributed by atoms with Crippen LogP contribution in [0.1, 0.15) is 70.6 Å². The van der Waals surface area contributed by atoms with Crippen LogP contribution in [0.15, 0.2) is 66.7 Å². The number of hydrogen-bond donors (Lipinski definition) is 2. The molecule has 4 rings (SSSR count). The fourth-order valence-electron chi connectivity index (χ4n) is 5.26. The van der Waals surface area contributed by atoms with Crippen LogP contribution in [-0.2, 0) is 22.7 Å². The summed E-state index contributed by atoms with van der Waals surface area (Å²) in [5.74, 6) is -2.22. The van der Waals surface area contributed by atoms with Gasteiger partial charge in [-0.05, 0) is 71.0 Å². The molecule has 1 aliphatic rings. The van der Waals surface area contributed by atoms with Crippen LogP contribution >= 0.6 is 11.6 Å². The molecular weight excluding hydrogens is 571 g/mol. The van der Waals surface area contributed by atoms with E-state index in [4.69, 9.17) is 17.3 Å². The number of carbonyl (C=O) groups is 3. The Labute approximate surface area is 246 Å². The molecule has 3 N–H and O–H groups in total. The molecule has 3 aromatic carbocycles. The molecule has 0 fully saturated rings. The topological polar surface area (TPSA) is 102 Å². The van der Waals surface area contributed by atoms with E-state index in [0.29, 0.717) is 22.6 Å². The van der Waals surface area contributed by atoms with Crippen molar-refractivity contribution in [2.24, 2.45) is 5.73 Å². The van der Waals surface area contributed by atoms with Crippen molar-refractivity contribution < 1.29 is 32.3 Å². The SMILES string of the molecule is CCCC(c1ccc(C(=O)NCCC(N)=O)cc1)C(C(=O)N1Cc2ccc(OC(F)(F)F)cc2C1)c1ccc(Cl)cc1. The third-order valence-corrected chi connectivity index (χ3v) is 7.45. The number of fused-ring (bicyclic) bond motifs is 1. The van der Waals surface area contributed by atoms with Crippen LogP contribution in [0.25, 0.3) is 0 Å². The largest absolute Gasteiger partial charge is 0.573 e. The van der Waals surface area contributed by atoms with Crippen LogP contribution in [-0.4, -0.2) is 35.5 Å². The van der Waals surface area contributed by atoms with Gasteiger partial charge in [0.25, 0.3) is 5.91 Å². The minimum atomic E-state index is -4.81. The van der Waals surface area contributed by atoms with Crippen LogP contribution in [0, 0.1) is 0 Å². The van der Waals surface area contributed by atoms with E-state index in [1.54, 1.807) is 35.2 Å². The van der Waals surface area contributed by atoms with Crippen molar-refractivity contribution in [3.8, 4) is 5.75 Å². The van der Waals surface area contributed by atoms with Crippen molar-refractivity contribution in [1.82, 2.24) is 10.2 Å². The number of rotatable bonds is 11. The maximum Gasteiger partial charge on any atom is 0.573 e. The second kappa shape index (κ2) is 13.3. The van der Waals surface area contributed by atoms with Crippen molar-refractivity contribution in [2.75, 3.05) is 6.54 Å². The number of amides is 3. The molecule has 0 radical (unpaired) electrons. The first kappa shape index (κ1) is 30.9. The van der Waals surface area contributed by atoms with Gasteiger partial charge in [-0.25, -0.2) is 0 Å². The lowest BCUT2D eigenvalue weighted by Gasteiger charge is -2.31. The molecule has 0 saturated heterocycles. The molecule has 3 amide bonds. The number of nitrogens with two attached hydrogens (primary N) is 1. The molecule has 1 heterocycles. The van der Waals surface area contributed by atoms with E-state index in [-0.39, 0.29) is 49.5 Å². The molecule has 0 aliphatic carbocycles. The molecule has 42 heavy (non-hydrogen) atoms. The molecule has 2 atom stereocenters. The molecule has 0 bridgehead atoms. The normalized spacial score (nSPS) is 14.2. The number of alkyl halides is 3. The summed E-state index contributed by atoms with van der Waals surface area (Å²) in [6.45, 7) is 2.55. The minimum Gasteiger partial charge on any atom is -0.406 e. The Morgan fingerprint density at radius 3 is 2.24 bits per heavy atom. The predicted octanol–water partition coefficient (Wildman–Crippen LogP) is 6.05. The lowest BCUT2D eigenvalue weighted by Crippen LogP contribution is -2.34. The van der Waals surface area contributed by atoms with E-state index in [9.17, 15) is 27.6 Å². The summed E-state index contributed by atoms with van der Waals surface area (Å²) in [6, 6.07) is 18.2.